The van der Waals surface area contributed by atoms with Crippen LogP contribution in [0.1, 0.15) is 97.8 Å². The minimum Gasteiger partial charge on any atom is -0.493 e. The van der Waals surface area contributed by atoms with Gasteiger partial charge in [0.1, 0.15) is 5.75 Å². The van der Waals surface area contributed by atoms with Gasteiger partial charge < -0.3 is 4.74 Å². The van der Waals surface area contributed by atoms with Crippen molar-refractivity contribution in [2.45, 2.75) is 97.8 Å². The van der Waals surface area contributed by atoms with Crippen molar-refractivity contribution in [2.75, 3.05) is 6.61 Å². The SMILES string of the molecule is CCCCCC1CCC(C(C)C2CCC(C(C)COc3ccccc3)CC2)CC1. The van der Waals surface area contributed by atoms with Crippen molar-refractivity contribution >= 4 is 0 Å². The maximum absolute atomic E-state index is 6.04. The van der Waals surface area contributed by atoms with E-state index in [2.05, 4.69) is 51.1 Å². The maximum atomic E-state index is 6.04. The molecule has 0 saturated heterocycles. The molecule has 0 radical (unpaired) electrons. The quantitative estimate of drug-likeness (QED) is 0.359. The van der Waals surface area contributed by atoms with E-state index >= 15 is 0 Å². The van der Waals surface area contributed by atoms with Crippen LogP contribution in [0.3, 0.4) is 0 Å². The van der Waals surface area contributed by atoms with E-state index in [9.17, 15) is 0 Å². The summed E-state index contributed by atoms with van der Waals surface area (Å²) in [5.74, 6) is 6.54. The molecule has 0 aromatic heterocycles. The summed E-state index contributed by atoms with van der Waals surface area (Å²) >= 11 is 0. The molecule has 0 spiro atoms. The number of unbranched alkanes of at least 4 members (excludes halogenated alkanes) is 2. The Morgan fingerprint density at radius 2 is 1.38 bits per heavy atom. The number of benzene rings is 1. The molecule has 2 atom stereocenters. The fourth-order valence-corrected chi connectivity index (χ4v) is 6.19. The zero-order valence-electron chi connectivity index (χ0n) is 19.5. The normalized spacial score (nSPS) is 29.9. The zero-order chi connectivity index (χ0) is 20.5. The molecule has 1 nitrogen and oxygen atoms in total. The molecule has 2 aliphatic carbocycles. The first-order chi connectivity index (χ1) is 14.2. The fraction of sp³-hybridized carbons (Fsp3) is 0.786. The third kappa shape index (κ3) is 7.04. The second-order valence-electron chi connectivity index (χ2n) is 10.4. The van der Waals surface area contributed by atoms with Crippen LogP contribution in [0.5, 0.6) is 5.75 Å². The lowest BCUT2D eigenvalue weighted by Crippen LogP contribution is -2.30. The minimum absolute atomic E-state index is 0.671. The Morgan fingerprint density at radius 3 is 2.00 bits per heavy atom. The molecule has 1 aromatic carbocycles. The number of hydrogen-bond donors (Lipinski definition) is 0. The Kier molecular flexibility index (Phi) is 9.40. The third-order valence-corrected chi connectivity index (χ3v) is 8.47. The Morgan fingerprint density at radius 1 is 0.793 bits per heavy atom. The summed E-state index contributed by atoms with van der Waals surface area (Å²) in [4.78, 5) is 0. The molecule has 0 bridgehead atoms. The molecule has 2 saturated carbocycles. The van der Waals surface area contributed by atoms with Gasteiger partial charge in [0.15, 0.2) is 0 Å². The number of rotatable bonds is 10. The number of hydrogen-bond acceptors (Lipinski definition) is 1. The molecule has 29 heavy (non-hydrogen) atoms. The second kappa shape index (κ2) is 12.0. The highest BCUT2D eigenvalue weighted by Gasteiger charge is 2.33. The van der Waals surface area contributed by atoms with E-state index in [1.54, 1.807) is 0 Å². The van der Waals surface area contributed by atoms with E-state index in [0.717, 1.165) is 41.9 Å². The number of ether oxygens (including phenoxy) is 1. The monoisotopic (exact) mass is 398 g/mol. The third-order valence-electron chi connectivity index (χ3n) is 8.47. The van der Waals surface area contributed by atoms with Crippen LogP contribution in [0, 0.1) is 35.5 Å². The minimum atomic E-state index is 0.671. The first-order valence-corrected chi connectivity index (χ1v) is 12.8. The van der Waals surface area contributed by atoms with Crippen LogP contribution in [0.15, 0.2) is 30.3 Å². The average Bonchev–Trinajstić information content (AvgIpc) is 2.78. The molecule has 0 aliphatic heterocycles. The van der Waals surface area contributed by atoms with Gasteiger partial charge in [0.05, 0.1) is 6.61 Å². The van der Waals surface area contributed by atoms with Crippen molar-refractivity contribution < 1.29 is 4.74 Å². The summed E-state index contributed by atoms with van der Waals surface area (Å²) in [6.45, 7) is 8.19. The lowest BCUT2D eigenvalue weighted by Gasteiger charge is -2.40. The summed E-state index contributed by atoms with van der Waals surface area (Å²) in [7, 11) is 0. The Labute approximate surface area is 181 Å². The van der Waals surface area contributed by atoms with Crippen molar-refractivity contribution in [3.63, 3.8) is 0 Å². The van der Waals surface area contributed by atoms with Crippen LogP contribution in [0.25, 0.3) is 0 Å². The molecule has 2 fully saturated rings. The predicted octanol–water partition coefficient (Wildman–Crippen LogP) is 8.53. The average molecular weight is 399 g/mol. The van der Waals surface area contributed by atoms with Crippen LogP contribution in [-0.4, -0.2) is 6.61 Å². The van der Waals surface area contributed by atoms with E-state index in [-0.39, 0.29) is 0 Å². The summed E-state index contributed by atoms with van der Waals surface area (Å²) in [6.07, 6.45) is 17.6. The molecule has 0 heterocycles. The first kappa shape index (κ1) is 22.7. The van der Waals surface area contributed by atoms with Gasteiger partial charge in [0.2, 0.25) is 0 Å². The predicted molar refractivity (Wildman–Crippen MR) is 125 cm³/mol. The van der Waals surface area contributed by atoms with Crippen LogP contribution in [0.4, 0.5) is 0 Å². The van der Waals surface area contributed by atoms with Crippen molar-refractivity contribution in [3.8, 4) is 5.75 Å². The van der Waals surface area contributed by atoms with Gasteiger partial charge in [0.25, 0.3) is 0 Å². The van der Waals surface area contributed by atoms with Crippen LogP contribution in [0.2, 0.25) is 0 Å². The highest BCUT2D eigenvalue weighted by molar-refractivity contribution is 5.20. The van der Waals surface area contributed by atoms with E-state index in [1.807, 2.05) is 0 Å². The van der Waals surface area contributed by atoms with Gasteiger partial charge >= 0.3 is 0 Å². The van der Waals surface area contributed by atoms with E-state index in [0.29, 0.717) is 5.92 Å². The van der Waals surface area contributed by atoms with E-state index < -0.39 is 0 Å². The lowest BCUT2D eigenvalue weighted by atomic mass is 9.66. The zero-order valence-corrected chi connectivity index (χ0v) is 19.5. The fourth-order valence-electron chi connectivity index (χ4n) is 6.19. The Balaban J connectivity index is 1.34. The highest BCUT2D eigenvalue weighted by atomic mass is 16.5. The van der Waals surface area contributed by atoms with E-state index in [4.69, 9.17) is 4.74 Å². The molecule has 2 aliphatic rings. The summed E-state index contributed by atoms with van der Waals surface area (Å²) in [6, 6.07) is 10.3. The molecule has 2 unspecified atom stereocenters. The maximum Gasteiger partial charge on any atom is 0.119 e. The first-order valence-electron chi connectivity index (χ1n) is 12.8. The van der Waals surface area contributed by atoms with Gasteiger partial charge in [-0.25, -0.2) is 0 Å². The van der Waals surface area contributed by atoms with Crippen molar-refractivity contribution in [3.05, 3.63) is 30.3 Å². The molecule has 0 N–H and O–H groups in total. The van der Waals surface area contributed by atoms with Gasteiger partial charge in [-0.1, -0.05) is 77.5 Å². The van der Waals surface area contributed by atoms with Gasteiger partial charge in [-0.05, 0) is 86.2 Å². The molecular formula is C28H46O. The summed E-state index contributed by atoms with van der Waals surface area (Å²) < 4.78 is 6.04. The van der Waals surface area contributed by atoms with Crippen molar-refractivity contribution in [1.29, 1.82) is 0 Å². The molecule has 1 heteroatoms. The largest absolute Gasteiger partial charge is 0.493 e. The van der Waals surface area contributed by atoms with Crippen molar-refractivity contribution in [1.82, 2.24) is 0 Å². The van der Waals surface area contributed by atoms with Crippen LogP contribution in [-0.2, 0) is 0 Å². The molecular weight excluding hydrogens is 352 g/mol. The topological polar surface area (TPSA) is 9.23 Å². The summed E-state index contributed by atoms with van der Waals surface area (Å²) in [5, 5.41) is 0. The van der Waals surface area contributed by atoms with Gasteiger partial charge in [-0.15, -0.1) is 0 Å². The lowest BCUT2D eigenvalue weighted by molar-refractivity contribution is 0.0983. The van der Waals surface area contributed by atoms with Crippen LogP contribution < -0.4 is 4.74 Å². The molecule has 1 aromatic rings. The van der Waals surface area contributed by atoms with Gasteiger partial charge in [-0.2, -0.15) is 0 Å². The standard InChI is InChI=1S/C28H46O/c1-4-5-7-10-24-13-15-26(16-14-24)23(3)27-19-17-25(18-20-27)22(2)21-29-28-11-8-6-9-12-28/h6,8-9,11-12,22-27H,4-5,7,10,13-21H2,1-3H3. The summed E-state index contributed by atoms with van der Waals surface area (Å²) in [5.41, 5.74) is 0. The second-order valence-corrected chi connectivity index (χ2v) is 10.4. The van der Waals surface area contributed by atoms with Crippen molar-refractivity contribution in [2.24, 2.45) is 35.5 Å². The molecule has 0 amide bonds. The van der Waals surface area contributed by atoms with Gasteiger partial charge in [-0.3, -0.25) is 0 Å². The number of para-hydroxylation sites is 1. The Hall–Kier alpha value is -0.980. The van der Waals surface area contributed by atoms with E-state index in [1.165, 1.54) is 77.0 Å². The van der Waals surface area contributed by atoms with Gasteiger partial charge in [0, 0.05) is 0 Å². The highest BCUT2D eigenvalue weighted by Crippen LogP contribution is 2.44. The molecule has 3 rings (SSSR count). The Bertz CT molecular complexity index is 537. The molecule has 164 valence electrons. The van der Waals surface area contributed by atoms with Crippen LogP contribution >= 0.6 is 0 Å². The smallest absolute Gasteiger partial charge is 0.119 e.